The molecule has 0 bridgehead atoms. The summed E-state index contributed by atoms with van der Waals surface area (Å²) in [6.07, 6.45) is 6.85. The van der Waals surface area contributed by atoms with E-state index in [1.165, 1.54) is 32.1 Å². The summed E-state index contributed by atoms with van der Waals surface area (Å²) in [5, 5.41) is 13.7. The molecule has 2 rings (SSSR count). The lowest BCUT2D eigenvalue weighted by atomic mass is 9.96. The molecule has 1 unspecified atom stereocenters. The van der Waals surface area contributed by atoms with Crippen LogP contribution in [-0.4, -0.2) is 30.9 Å². The van der Waals surface area contributed by atoms with Gasteiger partial charge in [-0.2, -0.15) is 0 Å². The van der Waals surface area contributed by atoms with Gasteiger partial charge in [0.15, 0.2) is 0 Å². The smallest absolute Gasteiger partial charge is 0.0992 e. The lowest BCUT2D eigenvalue weighted by Gasteiger charge is -2.25. The Kier molecular flexibility index (Phi) is 6.02. The summed E-state index contributed by atoms with van der Waals surface area (Å²) in [5.41, 5.74) is 0.118. The summed E-state index contributed by atoms with van der Waals surface area (Å²) in [5.74, 6) is 0. The number of nitrogens with one attached hydrogen (secondary N) is 1. The monoisotopic (exact) mass is 277 g/mol. The normalized spacial score (nSPS) is 19.7. The molecule has 0 radical (unpaired) electrons. The Labute approximate surface area is 122 Å². The van der Waals surface area contributed by atoms with E-state index in [-0.39, 0.29) is 0 Å². The Balaban J connectivity index is 1.62. The minimum Gasteiger partial charge on any atom is -0.384 e. The molecule has 1 atom stereocenters. The lowest BCUT2D eigenvalue weighted by Crippen LogP contribution is -2.37. The number of hydrogen-bond acceptors (Lipinski definition) is 3. The standard InChI is InChI=1S/C17H27NO2/c1-17(19,15-8-4-2-5-9-15)14-18-12-13-20-16-10-6-3-7-11-16/h2,4-5,8-9,16,18-19H,3,6-7,10-14H2,1H3. The summed E-state index contributed by atoms with van der Waals surface area (Å²) in [6.45, 7) is 3.91. The fraction of sp³-hybridized carbons (Fsp3) is 0.647. The molecule has 1 aliphatic rings. The third-order valence-electron chi connectivity index (χ3n) is 4.05. The average Bonchev–Trinajstić information content (AvgIpc) is 2.49. The van der Waals surface area contributed by atoms with E-state index in [0.29, 0.717) is 12.6 Å². The molecular weight excluding hydrogens is 250 g/mol. The van der Waals surface area contributed by atoms with Gasteiger partial charge in [0.1, 0.15) is 0 Å². The van der Waals surface area contributed by atoms with Crippen molar-refractivity contribution in [3.63, 3.8) is 0 Å². The van der Waals surface area contributed by atoms with Gasteiger partial charge in [-0.1, -0.05) is 49.6 Å². The van der Waals surface area contributed by atoms with Crippen LogP contribution in [0.5, 0.6) is 0 Å². The molecule has 1 aromatic rings. The van der Waals surface area contributed by atoms with Crippen LogP contribution < -0.4 is 5.32 Å². The number of hydrogen-bond donors (Lipinski definition) is 2. The van der Waals surface area contributed by atoms with Gasteiger partial charge in [-0.15, -0.1) is 0 Å². The van der Waals surface area contributed by atoms with Crippen molar-refractivity contribution in [1.29, 1.82) is 0 Å². The molecule has 20 heavy (non-hydrogen) atoms. The fourth-order valence-corrected chi connectivity index (χ4v) is 2.76. The van der Waals surface area contributed by atoms with Gasteiger partial charge in [-0.25, -0.2) is 0 Å². The van der Waals surface area contributed by atoms with E-state index in [1.54, 1.807) is 0 Å². The fourth-order valence-electron chi connectivity index (χ4n) is 2.76. The SMILES string of the molecule is CC(O)(CNCCOC1CCCCC1)c1ccccc1. The van der Waals surface area contributed by atoms with E-state index in [1.807, 2.05) is 37.3 Å². The van der Waals surface area contributed by atoms with Crippen LogP contribution in [0.3, 0.4) is 0 Å². The first-order valence-electron chi connectivity index (χ1n) is 7.79. The van der Waals surface area contributed by atoms with E-state index in [2.05, 4.69) is 5.32 Å². The van der Waals surface area contributed by atoms with Crippen LogP contribution in [0.25, 0.3) is 0 Å². The third kappa shape index (κ3) is 4.89. The molecule has 3 nitrogen and oxygen atoms in total. The zero-order valence-electron chi connectivity index (χ0n) is 12.5. The molecule has 0 heterocycles. The second-order valence-corrected chi connectivity index (χ2v) is 5.95. The molecule has 112 valence electrons. The quantitative estimate of drug-likeness (QED) is 0.753. The zero-order valence-corrected chi connectivity index (χ0v) is 12.5. The maximum Gasteiger partial charge on any atom is 0.0992 e. The Morgan fingerprint density at radius 3 is 2.60 bits per heavy atom. The van der Waals surface area contributed by atoms with Crippen molar-refractivity contribution < 1.29 is 9.84 Å². The van der Waals surface area contributed by atoms with E-state index < -0.39 is 5.60 Å². The van der Waals surface area contributed by atoms with Crippen molar-refractivity contribution in [3.05, 3.63) is 35.9 Å². The van der Waals surface area contributed by atoms with Crippen LogP contribution in [0.2, 0.25) is 0 Å². The third-order valence-corrected chi connectivity index (χ3v) is 4.05. The molecule has 0 aromatic heterocycles. The first kappa shape index (κ1) is 15.5. The van der Waals surface area contributed by atoms with Gasteiger partial charge in [0, 0.05) is 13.1 Å². The van der Waals surface area contributed by atoms with Crippen molar-refractivity contribution in [3.8, 4) is 0 Å². The Morgan fingerprint density at radius 2 is 1.90 bits per heavy atom. The summed E-state index contributed by atoms with van der Waals surface area (Å²) >= 11 is 0. The largest absolute Gasteiger partial charge is 0.384 e. The highest BCUT2D eigenvalue weighted by Gasteiger charge is 2.22. The molecule has 1 saturated carbocycles. The molecule has 2 N–H and O–H groups in total. The molecule has 1 fully saturated rings. The predicted molar refractivity (Wildman–Crippen MR) is 81.7 cm³/mol. The van der Waals surface area contributed by atoms with Gasteiger partial charge in [-0.3, -0.25) is 0 Å². The predicted octanol–water partition coefficient (Wildman–Crippen LogP) is 2.83. The molecular formula is C17H27NO2. The molecule has 0 amide bonds. The molecule has 0 saturated heterocycles. The van der Waals surface area contributed by atoms with Crippen LogP contribution >= 0.6 is 0 Å². The number of benzene rings is 1. The van der Waals surface area contributed by atoms with Crippen molar-refractivity contribution >= 4 is 0 Å². The van der Waals surface area contributed by atoms with Crippen molar-refractivity contribution in [1.82, 2.24) is 5.32 Å². The van der Waals surface area contributed by atoms with Crippen LogP contribution in [-0.2, 0) is 10.3 Å². The summed E-state index contributed by atoms with van der Waals surface area (Å²) in [4.78, 5) is 0. The lowest BCUT2D eigenvalue weighted by molar-refractivity contribution is 0.0232. The van der Waals surface area contributed by atoms with Gasteiger partial charge >= 0.3 is 0 Å². The minimum absolute atomic E-state index is 0.459. The van der Waals surface area contributed by atoms with Crippen LogP contribution in [0.1, 0.15) is 44.6 Å². The highest BCUT2D eigenvalue weighted by Crippen LogP contribution is 2.20. The summed E-state index contributed by atoms with van der Waals surface area (Å²) in [6, 6.07) is 9.79. The number of aliphatic hydroxyl groups is 1. The Morgan fingerprint density at radius 1 is 1.20 bits per heavy atom. The van der Waals surface area contributed by atoms with E-state index in [4.69, 9.17) is 4.74 Å². The maximum atomic E-state index is 10.4. The van der Waals surface area contributed by atoms with Gasteiger partial charge < -0.3 is 15.2 Å². The van der Waals surface area contributed by atoms with Gasteiger partial charge in [-0.05, 0) is 25.3 Å². The second-order valence-electron chi connectivity index (χ2n) is 5.95. The molecule has 3 heteroatoms. The first-order chi connectivity index (χ1) is 9.68. The maximum absolute atomic E-state index is 10.4. The highest BCUT2D eigenvalue weighted by atomic mass is 16.5. The second kappa shape index (κ2) is 7.77. The van der Waals surface area contributed by atoms with E-state index >= 15 is 0 Å². The van der Waals surface area contributed by atoms with Crippen LogP contribution in [0, 0.1) is 0 Å². The average molecular weight is 277 g/mol. The van der Waals surface area contributed by atoms with Crippen LogP contribution in [0.4, 0.5) is 0 Å². The highest BCUT2D eigenvalue weighted by molar-refractivity contribution is 5.21. The zero-order chi connectivity index (χ0) is 14.3. The molecule has 0 aliphatic heterocycles. The van der Waals surface area contributed by atoms with E-state index in [9.17, 15) is 5.11 Å². The summed E-state index contributed by atoms with van der Waals surface area (Å²) < 4.78 is 5.86. The first-order valence-corrected chi connectivity index (χ1v) is 7.79. The minimum atomic E-state index is -0.827. The van der Waals surface area contributed by atoms with Crippen LogP contribution in [0.15, 0.2) is 30.3 Å². The molecule has 1 aliphatic carbocycles. The topological polar surface area (TPSA) is 41.5 Å². The van der Waals surface area contributed by atoms with Gasteiger partial charge in [0.05, 0.1) is 18.3 Å². The van der Waals surface area contributed by atoms with Gasteiger partial charge in [0.25, 0.3) is 0 Å². The molecule has 1 aromatic carbocycles. The summed E-state index contributed by atoms with van der Waals surface area (Å²) in [7, 11) is 0. The van der Waals surface area contributed by atoms with Crippen molar-refractivity contribution in [2.24, 2.45) is 0 Å². The van der Waals surface area contributed by atoms with E-state index in [0.717, 1.165) is 18.7 Å². The van der Waals surface area contributed by atoms with Crippen molar-refractivity contribution in [2.45, 2.75) is 50.7 Å². The number of rotatable bonds is 7. The Bertz CT molecular complexity index is 372. The molecule has 0 spiro atoms. The van der Waals surface area contributed by atoms with Crippen molar-refractivity contribution in [2.75, 3.05) is 19.7 Å². The number of ether oxygens (including phenoxy) is 1. The van der Waals surface area contributed by atoms with Gasteiger partial charge in [0.2, 0.25) is 0 Å². The Hall–Kier alpha value is -0.900.